The largest absolute Gasteiger partial charge is 0.756 e. The number of phosphoric acid groups is 1. The molecule has 0 spiro atoms. The highest BCUT2D eigenvalue weighted by Gasteiger charge is 2.23. The molecule has 0 aliphatic heterocycles. The molecule has 0 aliphatic rings. The van der Waals surface area contributed by atoms with Gasteiger partial charge in [-0.25, -0.2) is 0 Å². The van der Waals surface area contributed by atoms with Gasteiger partial charge >= 0.3 is 0 Å². The molecule has 2 N–H and O–H groups in total. The number of allylic oxidation sites excluding steroid dienone is 23. The van der Waals surface area contributed by atoms with Crippen LogP contribution in [0.5, 0.6) is 0 Å². The van der Waals surface area contributed by atoms with Crippen LogP contribution in [0.25, 0.3) is 0 Å². The maximum absolute atomic E-state index is 12.9. The van der Waals surface area contributed by atoms with Crippen molar-refractivity contribution in [2.24, 2.45) is 0 Å². The summed E-state index contributed by atoms with van der Waals surface area (Å²) in [5, 5.41) is 13.7. The average molecular weight is 919 g/mol. The van der Waals surface area contributed by atoms with Gasteiger partial charge in [-0.2, -0.15) is 0 Å². The first-order chi connectivity index (χ1) is 31.5. The SMILES string of the molecule is CC/C=C\C/C=C\C/C=C\C/C=C\C/C=C\C/C=C\C/C=C\C/C=C\C/C=C\CCCCCCCC(=O)NC(COP(=O)([O-])OCC[N+](C)(C)C)C(O)/C=C/CC/C=C/CC/C=C/CC. The fourth-order valence-corrected chi connectivity index (χ4v) is 6.67. The van der Waals surface area contributed by atoms with Gasteiger partial charge in [0.15, 0.2) is 0 Å². The standard InChI is InChI=1S/C56H91N2O6P/c1-6-8-10-12-14-16-18-19-20-21-22-23-24-25-26-27-28-29-30-31-32-33-34-35-36-37-38-39-40-42-44-46-48-50-56(60)57-54(53-64-65(61,62)63-52-51-58(3,4)5)55(59)49-47-45-43-41-17-15-13-11-9-7-2/h8-11,14,16-17,19-20,22-23,25-26,28-29,31-32,34-35,37-38,41,47,49,54-55,59H,6-7,12-13,15,18,21,24,27,30,33,36,39-40,42-46,48,50-53H2,1-5H3,(H-,57,60,61,62)/b10-8-,11-9+,16-14-,20-19-,23-22-,26-25-,29-28-,32-31-,35-34-,38-37-,41-17+,49-47+. The molecule has 8 nitrogen and oxygen atoms in total. The third-order valence-electron chi connectivity index (χ3n) is 9.77. The van der Waals surface area contributed by atoms with Crippen molar-refractivity contribution < 1.29 is 32.9 Å². The smallest absolute Gasteiger partial charge is 0.268 e. The van der Waals surface area contributed by atoms with Gasteiger partial charge in [-0.15, -0.1) is 0 Å². The Kier molecular flexibility index (Phi) is 43.0. The monoisotopic (exact) mass is 919 g/mol. The highest BCUT2D eigenvalue weighted by molar-refractivity contribution is 7.45. The molecule has 0 bridgehead atoms. The van der Waals surface area contributed by atoms with Gasteiger partial charge in [0.05, 0.1) is 39.9 Å². The lowest BCUT2D eigenvalue weighted by atomic mass is 10.1. The average Bonchev–Trinajstić information content (AvgIpc) is 3.26. The van der Waals surface area contributed by atoms with Crippen LogP contribution in [0.3, 0.4) is 0 Å². The van der Waals surface area contributed by atoms with Gasteiger partial charge in [-0.05, 0) is 109 Å². The number of aliphatic hydroxyl groups excluding tert-OH is 1. The van der Waals surface area contributed by atoms with Gasteiger partial charge in [0.2, 0.25) is 5.91 Å². The van der Waals surface area contributed by atoms with E-state index in [1.807, 2.05) is 27.2 Å². The molecule has 0 aromatic heterocycles. The zero-order chi connectivity index (χ0) is 47.8. The van der Waals surface area contributed by atoms with Gasteiger partial charge in [0.1, 0.15) is 13.2 Å². The number of aliphatic hydroxyl groups is 1. The van der Waals surface area contributed by atoms with E-state index in [-0.39, 0.29) is 12.5 Å². The van der Waals surface area contributed by atoms with E-state index in [0.29, 0.717) is 23.9 Å². The Morgan fingerprint density at radius 2 is 0.908 bits per heavy atom. The van der Waals surface area contributed by atoms with E-state index < -0.39 is 26.6 Å². The summed E-state index contributed by atoms with van der Waals surface area (Å²) >= 11 is 0. The van der Waals surface area contributed by atoms with Crippen molar-refractivity contribution in [1.29, 1.82) is 0 Å². The van der Waals surface area contributed by atoms with Gasteiger partial charge in [-0.1, -0.05) is 179 Å². The molecule has 0 saturated heterocycles. The minimum Gasteiger partial charge on any atom is -0.756 e. The van der Waals surface area contributed by atoms with Gasteiger partial charge in [0.25, 0.3) is 7.82 Å². The number of nitrogens with zero attached hydrogens (tertiary/aromatic N) is 1. The van der Waals surface area contributed by atoms with Gasteiger partial charge in [-0.3, -0.25) is 9.36 Å². The number of rotatable bonds is 42. The summed E-state index contributed by atoms with van der Waals surface area (Å²) in [4.78, 5) is 25.3. The van der Waals surface area contributed by atoms with Crippen molar-refractivity contribution in [2.75, 3.05) is 40.9 Å². The van der Waals surface area contributed by atoms with Crippen LogP contribution < -0.4 is 10.2 Å². The van der Waals surface area contributed by atoms with E-state index in [1.165, 1.54) is 0 Å². The molecule has 0 aromatic rings. The maximum atomic E-state index is 12.9. The Hall–Kier alpha value is -3.62. The fourth-order valence-electron chi connectivity index (χ4n) is 5.95. The molecule has 0 fully saturated rings. The van der Waals surface area contributed by atoms with E-state index in [1.54, 1.807) is 6.08 Å². The summed E-state index contributed by atoms with van der Waals surface area (Å²) in [5.74, 6) is -0.242. The molecule has 3 unspecified atom stereocenters. The molecular weight excluding hydrogens is 828 g/mol. The predicted octanol–water partition coefficient (Wildman–Crippen LogP) is 13.9. The van der Waals surface area contributed by atoms with Crippen molar-refractivity contribution in [3.8, 4) is 0 Å². The second-order valence-corrected chi connectivity index (χ2v) is 18.4. The minimum absolute atomic E-state index is 0.0223. The minimum atomic E-state index is -4.61. The Labute approximate surface area is 398 Å². The summed E-state index contributed by atoms with van der Waals surface area (Å²) in [6.07, 6.45) is 70.7. The second-order valence-electron chi connectivity index (χ2n) is 17.0. The van der Waals surface area contributed by atoms with Crippen LogP contribution in [0, 0.1) is 0 Å². The third kappa shape index (κ3) is 48.1. The molecule has 0 heterocycles. The Balaban J connectivity index is 4.27. The first kappa shape index (κ1) is 61.4. The number of unbranched alkanes of at least 4 members (excludes halogenated alkanes) is 7. The summed E-state index contributed by atoms with van der Waals surface area (Å²) < 4.78 is 23.1. The predicted molar refractivity (Wildman–Crippen MR) is 278 cm³/mol. The molecule has 0 radical (unpaired) electrons. The van der Waals surface area contributed by atoms with Crippen molar-refractivity contribution in [3.05, 3.63) is 146 Å². The van der Waals surface area contributed by atoms with Gasteiger partial charge < -0.3 is 28.8 Å². The number of carbonyl (C=O) groups is 1. The van der Waals surface area contributed by atoms with Crippen LogP contribution >= 0.6 is 7.82 Å². The highest BCUT2D eigenvalue weighted by Crippen LogP contribution is 2.38. The molecule has 0 rings (SSSR count). The Bertz CT molecular complexity index is 1560. The van der Waals surface area contributed by atoms with Crippen molar-refractivity contribution >= 4 is 13.7 Å². The lowest BCUT2D eigenvalue weighted by Crippen LogP contribution is -2.45. The molecule has 65 heavy (non-hydrogen) atoms. The normalized spacial score (nSPS) is 15.4. The van der Waals surface area contributed by atoms with Crippen LogP contribution in [0.1, 0.15) is 149 Å². The number of carbonyl (C=O) groups excluding carboxylic acids is 1. The van der Waals surface area contributed by atoms with E-state index >= 15 is 0 Å². The first-order valence-corrected chi connectivity index (χ1v) is 26.2. The van der Waals surface area contributed by atoms with Crippen molar-refractivity contribution in [1.82, 2.24) is 5.32 Å². The number of phosphoric ester groups is 1. The number of amides is 1. The van der Waals surface area contributed by atoms with E-state index in [4.69, 9.17) is 9.05 Å². The summed E-state index contributed by atoms with van der Waals surface area (Å²) in [7, 11) is 1.19. The fraction of sp³-hybridized carbons (Fsp3) is 0.554. The first-order valence-electron chi connectivity index (χ1n) is 24.7. The number of hydrogen-bond donors (Lipinski definition) is 2. The third-order valence-corrected chi connectivity index (χ3v) is 10.7. The zero-order valence-corrected chi connectivity index (χ0v) is 42.3. The molecule has 1 amide bonds. The number of hydrogen-bond acceptors (Lipinski definition) is 6. The van der Waals surface area contributed by atoms with Crippen LogP contribution in [0.2, 0.25) is 0 Å². The quantitative estimate of drug-likeness (QED) is 0.0273. The van der Waals surface area contributed by atoms with Crippen LogP contribution in [-0.4, -0.2) is 68.5 Å². The van der Waals surface area contributed by atoms with Gasteiger partial charge in [0, 0.05) is 6.42 Å². The van der Waals surface area contributed by atoms with Crippen molar-refractivity contribution in [3.63, 3.8) is 0 Å². The topological polar surface area (TPSA) is 108 Å². The maximum Gasteiger partial charge on any atom is 0.268 e. The molecule has 366 valence electrons. The van der Waals surface area contributed by atoms with Crippen LogP contribution in [-0.2, 0) is 18.4 Å². The summed E-state index contributed by atoms with van der Waals surface area (Å²) in [5.41, 5.74) is 0. The lowest BCUT2D eigenvalue weighted by Gasteiger charge is -2.29. The number of likely N-dealkylation sites (N-methyl/N-ethyl adjacent to an activating group) is 1. The molecule has 0 aromatic carbocycles. The van der Waals surface area contributed by atoms with E-state index in [2.05, 4.69) is 153 Å². The van der Waals surface area contributed by atoms with E-state index in [9.17, 15) is 19.4 Å². The zero-order valence-electron chi connectivity index (χ0n) is 41.4. The summed E-state index contributed by atoms with van der Waals surface area (Å²) in [6.45, 7) is 4.32. The molecule has 3 atom stereocenters. The van der Waals surface area contributed by atoms with E-state index in [0.717, 1.165) is 122 Å². The highest BCUT2D eigenvalue weighted by atomic mass is 31.2. The number of nitrogens with one attached hydrogen (secondary N) is 1. The molecule has 0 aliphatic carbocycles. The number of quaternary nitrogens is 1. The molecule has 9 heteroatoms. The molecular formula is C56H91N2O6P. The van der Waals surface area contributed by atoms with Crippen LogP contribution in [0.15, 0.2) is 146 Å². The second kappa shape index (κ2) is 45.5. The van der Waals surface area contributed by atoms with Crippen molar-refractivity contribution in [2.45, 2.75) is 161 Å². The summed E-state index contributed by atoms with van der Waals surface area (Å²) in [6, 6.07) is -0.930. The Morgan fingerprint density at radius 1 is 0.538 bits per heavy atom. The lowest BCUT2D eigenvalue weighted by molar-refractivity contribution is -0.870. The van der Waals surface area contributed by atoms with Crippen LogP contribution in [0.4, 0.5) is 0 Å². The molecule has 0 saturated carbocycles. The Morgan fingerprint density at radius 3 is 1.37 bits per heavy atom.